The van der Waals surface area contributed by atoms with Crippen LogP contribution in [0.25, 0.3) is 0 Å². The molecule has 0 saturated carbocycles. The van der Waals surface area contributed by atoms with Crippen molar-refractivity contribution in [3.05, 3.63) is 28.7 Å². The molecule has 1 aliphatic heterocycles. The van der Waals surface area contributed by atoms with Gasteiger partial charge in [0.25, 0.3) is 5.91 Å². The molecule has 1 amide bonds. The molecule has 0 bridgehead atoms. The standard InChI is InChI=1S/C16H21ClN6O2/c1-3-25-15-12(17)8-11(9-19-15)14(24)21-16-20-13(22-23(16)2)10-4-6-18-7-5-10/h8-10,18H,3-7H2,1-2H3,(H,20,21,22,24). The third-order valence-electron chi connectivity index (χ3n) is 4.06. The number of amides is 1. The van der Waals surface area contributed by atoms with Gasteiger partial charge in [-0.15, -0.1) is 0 Å². The highest BCUT2D eigenvalue weighted by Gasteiger charge is 2.21. The summed E-state index contributed by atoms with van der Waals surface area (Å²) in [5.41, 5.74) is 0.333. The van der Waals surface area contributed by atoms with Crippen LogP contribution in [0.5, 0.6) is 5.88 Å². The second kappa shape index (κ2) is 7.79. The molecular weight excluding hydrogens is 344 g/mol. The predicted octanol–water partition coefficient (Wildman–Crippen LogP) is 1.98. The lowest BCUT2D eigenvalue weighted by molar-refractivity contribution is 0.102. The molecule has 0 radical (unpaired) electrons. The maximum atomic E-state index is 12.4. The molecule has 1 aliphatic rings. The van der Waals surface area contributed by atoms with Gasteiger partial charge < -0.3 is 10.1 Å². The van der Waals surface area contributed by atoms with Crippen LogP contribution in [0.3, 0.4) is 0 Å². The Kier molecular flexibility index (Phi) is 5.50. The van der Waals surface area contributed by atoms with Gasteiger partial charge in [0.2, 0.25) is 11.8 Å². The number of carbonyl (C=O) groups excluding carboxylic acids is 1. The van der Waals surface area contributed by atoms with Crippen LogP contribution in [-0.4, -0.2) is 45.4 Å². The quantitative estimate of drug-likeness (QED) is 0.842. The molecule has 134 valence electrons. The van der Waals surface area contributed by atoms with E-state index in [1.165, 1.54) is 12.3 Å². The van der Waals surface area contributed by atoms with Crippen LogP contribution in [-0.2, 0) is 7.05 Å². The summed E-state index contributed by atoms with van der Waals surface area (Å²) in [6.07, 6.45) is 3.42. The van der Waals surface area contributed by atoms with Crippen molar-refractivity contribution in [2.45, 2.75) is 25.7 Å². The lowest BCUT2D eigenvalue weighted by Gasteiger charge is -2.19. The molecule has 0 aliphatic carbocycles. The number of hydrogen-bond acceptors (Lipinski definition) is 6. The van der Waals surface area contributed by atoms with Gasteiger partial charge in [-0.05, 0) is 38.9 Å². The number of pyridine rings is 1. The summed E-state index contributed by atoms with van der Waals surface area (Å²) in [7, 11) is 1.76. The van der Waals surface area contributed by atoms with Crippen molar-refractivity contribution >= 4 is 23.5 Å². The van der Waals surface area contributed by atoms with E-state index in [2.05, 4.69) is 25.7 Å². The van der Waals surface area contributed by atoms with Gasteiger partial charge in [0.05, 0.1) is 12.2 Å². The van der Waals surface area contributed by atoms with E-state index in [-0.39, 0.29) is 5.91 Å². The fraction of sp³-hybridized carbons (Fsp3) is 0.500. The summed E-state index contributed by atoms with van der Waals surface area (Å²) in [6.45, 7) is 4.21. The van der Waals surface area contributed by atoms with Crippen LogP contribution in [0, 0.1) is 0 Å². The Hall–Kier alpha value is -2.19. The summed E-state index contributed by atoms with van der Waals surface area (Å²) < 4.78 is 6.86. The van der Waals surface area contributed by atoms with Crippen molar-refractivity contribution in [3.63, 3.8) is 0 Å². The first-order valence-electron chi connectivity index (χ1n) is 8.29. The maximum Gasteiger partial charge on any atom is 0.259 e. The molecule has 0 unspecified atom stereocenters. The molecule has 3 rings (SSSR count). The summed E-state index contributed by atoms with van der Waals surface area (Å²) in [4.78, 5) is 21.0. The average molecular weight is 365 g/mol. The highest BCUT2D eigenvalue weighted by molar-refractivity contribution is 6.32. The number of rotatable bonds is 5. The molecule has 9 heteroatoms. The molecule has 1 saturated heterocycles. The van der Waals surface area contributed by atoms with Crippen LogP contribution in [0.4, 0.5) is 5.95 Å². The van der Waals surface area contributed by atoms with E-state index in [9.17, 15) is 4.79 Å². The van der Waals surface area contributed by atoms with Gasteiger partial charge in [-0.2, -0.15) is 10.1 Å². The molecule has 25 heavy (non-hydrogen) atoms. The molecule has 2 aromatic rings. The predicted molar refractivity (Wildman–Crippen MR) is 94.2 cm³/mol. The molecule has 8 nitrogen and oxygen atoms in total. The average Bonchev–Trinajstić information content (AvgIpc) is 2.98. The summed E-state index contributed by atoms with van der Waals surface area (Å²) in [5.74, 6) is 1.46. The van der Waals surface area contributed by atoms with Gasteiger partial charge in [-0.1, -0.05) is 11.6 Å². The number of aryl methyl sites for hydroxylation is 1. The van der Waals surface area contributed by atoms with Crippen LogP contribution >= 0.6 is 11.6 Å². The van der Waals surface area contributed by atoms with E-state index in [0.717, 1.165) is 31.8 Å². The number of carbonyl (C=O) groups is 1. The smallest absolute Gasteiger partial charge is 0.259 e. The molecule has 0 atom stereocenters. The zero-order valence-electron chi connectivity index (χ0n) is 14.3. The van der Waals surface area contributed by atoms with Crippen LogP contribution < -0.4 is 15.4 Å². The molecule has 0 spiro atoms. The number of nitrogens with zero attached hydrogens (tertiary/aromatic N) is 4. The summed E-state index contributed by atoms with van der Waals surface area (Å²) >= 11 is 6.09. The van der Waals surface area contributed by atoms with E-state index in [1.807, 2.05) is 6.92 Å². The minimum absolute atomic E-state index is 0.294. The first kappa shape index (κ1) is 17.6. The van der Waals surface area contributed by atoms with E-state index < -0.39 is 0 Å². The van der Waals surface area contributed by atoms with Crippen LogP contribution in [0.1, 0.15) is 41.9 Å². The van der Waals surface area contributed by atoms with Gasteiger partial charge in [0.15, 0.2) is 5.82 Å². The lowest BCUT2D eigenvalue weighted by atomic mass is 9.98. The van der Waals surface area contributed by atoms with Gasteiger partial charge in [0, 0.05) is 19.2 Å². The zero-order valence-corrected chi connectivity index (χ0v) is 15.0. The van der Waals surface area contributed by atoms with Crippen molar-refractivity contribution < 1.29 is 9.53 Å². The van der Waals surface area contributed by atoms with Crippen molar-refractivity contribution in [3.8, 4) is 5.88 Å². The Morgan fingerprint density at radius 2 is 2.24 bits per heavy atom. The Labute approximate surface area is 150 Å². The summed E-state index contributed by atoms with van der Waals surface area (Å²) in [6, 6.07) is 1.53. The van der Waals surface area contributed by atoms with Crippen molar-refractivity contribution in [1.82, 2.24) is 25.1 Å². The van der Waals surface area contributed by atoms with Gasteiger partial charge in [-0.3, -0.25) is 10.1 Å². The molecule has 3 heterocycles. The van der Waals surface area contributed by atoms with Crippen LogP contribution in [0.15, 0.2) is 12.3 Å². The number of anilines is 1. The molecule has 2 N–H and O–H groups in total. The first-order chi connectivity index (χ1) is 12.1. The number of piperidine rings is 1. The number of aromatic nitrogens is 4. The monoisotopic (exact) mass is 364 g/mol. The number of ether oxygens (including phenoxy) is 1. The summed E-state index contributed by atoms with van der Waals surface area (Å²) in [5, 5.41) is 10.8. The largest absolute Gasteiger partial charge is 0.477 e. The fourth-order valence-corrected chi connectivity index (χ4v) is 2.95. The molecule has 0 aromatic carbocycles. The van der Waals surface area contributed by atoms with E-state index in [1.54, 1.807) is 11.7 Å². The van der Waals surface area contributed by atoms with Gasteiger partial charge >= 0.3 is 0 Å². The highest BCUT2D eigenvalue weighted by atomic mass is 35.5. The molecular formula is C16H21ClN6O2. The lowest BCUT2D eigenvalue weighted by Crippen LogP contribution is -2.27. The van der Waals surface area contributed by atoms with Crippen LogP contribution in [0.2, 0.25) is 5.02 Å². The van der Waals surface area contributed by atoms with Crippen molar-refractivity contribution in [2.24, 2.45) is 7.05 Å². The Balaban J connectivity index is 1.72. The van der Waals surface area contributed by atoms with Crippen molar-refractivity contribution in [1.29, 1.82) is 0 Å². The Bertz CT molecular complexity index is 757. The van der Waals surface area contributed by atoms with Crippen molar-refractivity contribution in [2.75, 3.05) is 25.0 Å². The minimum Gasteiger partial charge on any atom is -0.477 e. The maximum absolute atomic E-state index is 12.4. The first-order valence-corrected chi connectivity index (χ1v) is 8.67. The second-order valence-corrected chi connectivity index (χ2v) is 6.25. The highest BCUT2D eigenvalue weighted by Crippen LogP contribution is 2.24. The Morgan fingerprint density at radius 1 is 1.48 bits per heavy atom. The minimum atomic E-state index is -0.343. The normalized spacial score (nSPS) is 15.2. The SMILES string of the molecule is CCOc1ncc(C(=O)Nc2nc(C3CCNCC3)nn2C)cc1Cl. The number of halogens is 1. The Morgan fingerprint density at radius 3 is 2.92 bits per heavy atom. The zero-order chi connectivity index (χ0) is 17.8. The van der Waals surface area contributed by atoms with E-state index in [4.69, 9.17) is 16.3 Å². The van der Waals surface area contributed by atoms with Gasteiger partial charge in [0.1, 0.15) is 5.02 Å². The number of nitrogens with one attached hydrogen (secondary N) is 2. The topological polar surface area (TPSA) is 94.0 Å². The van der Waals surface area contributed by atoms with E-state index >= 15 is 0 Å². The third kappa shape index (κ3) is 4.08. The molecule has 1 fully saturated rings. The third-order valence-corrected chi connectivity index (χ3v) is 4.33. The fourth-order valence-electron chi connectivity index (χ4n) is 2.73. The van der Waals surface area contributed by atoms with Gasteiger partial charge in [-0.25, -0.2) is 9.67 Å². The number of hydrogen-bond donors (Lipinski definition) is 2. The second-order valence-electron chi connectivity index (χ2n) is 5.84. The van der Waals surface area contributed by atoms with E-state index in [0.29, 0.717) is 34.9 Å². The molecule has 2 aromatic heterocycles.